The summed E-state index contributed by atoms with van der Waals surface area (Å²) >= 11 is 0. The minimum absolute atomic E-state index is 0.178. The van der Waals surface area contributed by atoms with Crippen LogP contribution in [0.5, 0.6) is 0 Å². The molecule has 0 spiro atoms. The number of rotatable bonds is 2. The van der Waals surface area contributed by atoms with E-state index in [9.17, 15) is 13.2 Å². The second kappa shape index (κ2) is 3.41. The highest BCUT2D eigenvalue weighted by Crippen LogP contribution is 2.21. The maximum Gasteiger partial charge on any atom is 0.406 e. The van der Waals surface area contributed by atoms with Gasteiger partial charge in [-0.05, 0) is 0 Å². The van der Waals surface area contributed by atoms with Crippen LogP contribution in [0.1, 0.15) is 0 Å². The van der Waals surface area contributed by atoms with E-state index in [1.165, 1.54) is 24.8 Å². The first-order chi connectivity index (χ1) is 7.06. The average molecular weight is 216 g/mol. The first-order valence-corrected chi connectivity index (χ1v) is 4.14. The Morgan fingerprint density at radius 3 is 2.67 bits per heavy atom. The molecule has 0 atom stereocenters. The van der Waals surface area contributed by atoms with E-state index in [2.05, 4.69) is 15.0 Å². The topological polar surface area (TPSA) is 46.5 Å². The molecule has 2 aromatic heterocycles. The normalized spacial score (nSPS) is 11.9. The average Bonchev–Trinajstić information content (AvgIpc) is 2.68. The number of halogens is 3. The van der Waals surface area contributed by atoms with E-state index in [4.69, 9.17) is 0 Å². The number of nitrogens with one attached hydrogen (secondary N) is 1. The van der Waals surface area contributed by atoms with Crippen molar-refractivity contribution in [2.75, 3.05) is 0 Å². The molecule has 80 valence electrons. The summed E-state index contributed by atoms with van der Waals surface area (Å²) in [5, 5.41) is 0. The van der Waals surface area contributed by atoms with Crippen LogP contribution < -0.4 is 0 Å². The van der Waals surface area contributed by atoms with Gasteiger partial charge in [0.1, 0.15) is 6.54 Å². The molecule has 1 N–H and O–H groups in total. The van der Waals surface area contributed by atoms with Gasteiger partial charge in [0.2, 0.25) is 0 Å². The highest BCUT2D eigenvalue weighted by Gasteiger charge is 2.29. The van der Waals surface area contributed by atoms with Crippen molar-refractivity contribution in [3.63, 3.8) is 0 Å². The number of alkyl halides is 3. The predicted molar refractivity (Wildman–Crippen MR) is 45.9 cm³/mol. The van der Waals surface area contributed by atoms with E-state index < -0.39 is 12.7 Å². The van der Waals surface area contributed by atoms with Gasteiger partial charge in [-0.3, -0.25) is 0 Å². The third kappa shape index (κ3) is 2.17. The van der Waals surface area contributed by atoms with Gasteiger partial charge in [-0.15, -0.1) is 0 Å². The molecule has 0 fully saturated rings. The zero-order chi connectivity index (χ0) is 10.9. The van der Waals surface area contributed by atoms with Crippen molar-refractivity contribution in [2.24, 2.45) is 0 Å². The number of hydrogen-bond donors (Lipinski definition) is 1. The Morgan fingerprint density at radius 1 is 1.27 bits per heavy atom. The zero-order valence-electron chi connectivity index (χ0n) is 7.49. The Kier molecular flexibility index (Phi) is 2.22. The highest BCUT2D eigenvalue weighted by molar-refractivity contribution is 5.43. The molecule has 0 aliphatic carbocycles. The van der Waals surface area contributed by atoms with E-state index >= 15 is 0 Å². The SMILES string of the molecule is FC(F)(F)Cn1ccnc1-c1ncc[nH]1. The lowest BCUT2D eigenvalue weighted by molar-refractivity contribution is -0.140. The van der Waals surface area contributed by atoms with Crippen LogP contribution in [0.2, 0.25) is 0 Å². The van der Waals surface area contributed by atoms with Gasteiger partial charge in [-0.25, -0.2) is 9.97 Å². The molecule has 0 saturated carbocycles. The van der Waals surface area contributed by atoms with Crippen LogP contribution in [0.15, 0.2) is 24.8 Å². The summed E-state index contributed by atoms with van der Waals surface area (Å²) in [7, 11) is 0. The fourth-order valence-corrected chi connectivity index (χ4v) is 1.23. The summed E-state index contributed by atoms with van der Waals surface area (Å²) in [6.45, 7) is -1.07. The van der Waals surface area contributed by atoms with Gasteiger partial charge >= 0.3 is 6.18 Å². The van der Waals surface area contributed by atoms with Crippen LogP contribution in [-0.4, -0.2) is 25.7 Å². The minimum atomic E-state index is -4.26. The maximum absolute atomic E-state index is 12.2. The molecule has 0 saturated heterocycles. The first-order valence-electron chi connectivity index (χ1n) is 4.14. The predicted octanol–water partition coefficient (Wildman–Crippen LogP) is 1.84. The Bertz CT molecular complexity index is 429. The molecule has 0 bridgehead atoms. The van der Waals surface area contributed by atoms with Crippen LogP contribution in [0.25, 0.3) is 11.6 Å². The molecular formula is C8H7F3N4. The number of nitrogens with zero attached hydrogens (tertiary/aromatic N) is 3. The molecule has 2 rings (SSSR count). The fourth-order valence-electron chi connectivity index (χ4n) is 1.23. The quantitative estimate of drug-likeness (QED) is 0.832. The molecule has 2 heterocycles. The van der Waals surface area contributed by atoms with Gasteiger partial charge in [0, 0.05) is 24.8 Å². The monoisotopic (exact) mass is 216 g/mol. The van der Waals surface area contributed by atoms with Gasteiger partial charge in [-0.2, -0.15) is 13.2 Å². The standard InChI is InChI=1S/C8H7F3N4/c9-8(10,11)5-15-4-3-14-7(15)6-12-1-2-13-6/h1-4H,5H2,(H,12,13). The Labute approximate surface area is 82.8 Å². The van der Waals surface area contributed by atoms with Crippen LogP contribution in [0.3, 0.4) is 0 Å². The third-order valence-corrected chi connectivity index (χ3v) is 1.78. The summed E-state index contributed by atoms with van der Waals surface area (Å²) in [6, 6.07) is 0. The van der Waals surface area contributed by atoms with Crippen LogP contribution in [0, 0.1) is 0 Å². The fraction of sp³-hybridized carbons (Fsp3) is 0.250. The van der Waals surface area contributed by atoms with Crippen molar-refractivity contribution in [2.45, 2.75) is 12.7 Å². The minimum Gasteiger partial charge on any atom is -0.342 e. The van der Waals surface area contributed by atoms with E-state index in [0.29, 0.717) is 5.82 Å². The van der Waals surface area contributed by atoms with E-state index in [1.807, 2.05) is 0 Å². The molecule has 7 heteroatoms. The van der Waals surface area contributed by atoms with Gasteiger partial charge in [0.05, 0.1) is 0 Å². The van der Waals surface area contributed by atoms with Crippen molar-refractivity contribution < 1.29 is 13.2 Å². The Balaban J connectivity index is 2.31. The van der Waals surface area contributed by atoms with Crippen molar-refractivity contribution in [3.8, 4) is 11.6 Å². The molecule has 0 aliphatic heterocycles. The molecule has 0 aromatic carbocycles. The summed E-state index contributed by atoms with van der Waals surface area (Å²) in [4.78, 5) is 10.4. The Morgan fingerprint density at radius 2 is 2.07 bits per heavy atom. The smallest absolute Gasteiger partial charge is 0.342 e. The third-order valence-electron chi connectivity index (χ3n) is 1.78. The second-order valence-electron chi connectivity index (χ2n) is 2.93. The summed E-state index contributed by atoms with van der Waals surface area (Å²) in [6.07, 6.45) is 1.31. The largest absolute Gasteiger partial charge is 0.406 e. The van der Waals surface area contributed by atoms with Crippen LogP contribution in [0.4, 0.5) is 13.2 Å². The lowest BCUT2D eigenvalue weighted by atomic mass is 10.5. The number of aromatic nitrogens is 4. The lowest BCUT2D eigenvalue weighted by Crippen LogP contribution is -2.18. The second-order valence-corrected chi connectivity index (χ2v) is 2.93. The maximum atomic E-state index is 12.2. The number of H-pyrrole nitrogens is 1. The Hall–Kier alpha value is -1.79. The molecular weight excluding hydrogens is 209 g/mol. The van der Waals surface area contributed by atoms with Gasteiger partial charge < -0.3 is 9.55 Å². The van der Waals surface area contributed by atoms with E-state index in [1.54, 1.807) is 0 Å². The van der Waals surface area contributed by atoms with Crippen LogP contribution in [-0.2, 0) is 6.54 Å². The van der Waals surface area contributed by atoms with Gasteiger partial charge in [0.25, 0.3) is 0 Å². The summed E-state index contributed by atoms with van der Waals surface area (Å²) in [5.74, 6) is 0.501. The molecule has 2 aromatic rings. The van der Waals surface area contributed by atoms with E-state index in [-0.39, 0.29) is 5.82 Å². The van der Waals surface area contributed by atoms with Crippen LogP contribution >= 0.6 is 0 Å². The summed E-state index contributed by atoms with van der Waals surface area (Å²) < 4.78 is 37.5. The number of aromatic amines is 1. The van der Waals surface area contributed by atoms with Gasteiger partial charge in [-0.1, -0.05) is 0 Å². The molecule has 0 amide bonds. The van der Waals surface area contributed by atoms with E-state index in [0.717, 1.165) is 4.57 Å². The molecule has 0 unspecified atom stereocenters. The van der Waals surface area contributed by atoms with Crippen molar-refractivity contribution in [1.82, 2.24) is 19.5 Å². The van der Waals surface area contributed by atoms with Crippen molar-refractivity contribution in [1.29, 1.82) is 0 Å². The number of imidazole rings is 2. The molecule has 15 heavy (non-hydrogen) atoms. The van der Waals surface area contributed by atoms with Crippen molar-refractivity contribution >= 4 is 0 Å². The summed E-state index contributed by atoms with van der Waals surface area (Å²) in [5.41, 5.74) is 0. The molecule has 4 nitrogen and oxygen atoms in total. The van der Waals surface area contributed by atoms with Crippen molar-refractivity contribution in [3.05, 3.63) is 24.8 Å². The highest BCUT2D eigenvalue weighted by atomic mass is 19.4. The molecule has 0 aliphatic rings. The number of hydrogen-bond acceptors (Lipinski definition) is 2. The van der Waals surface area contributed by atoms with Gasteiger partial charge in [0.15, 0.2) is 11.6 Å². The molecule has 0 radical (unpaired) electrons. The zero-order valence-corrected chi connectivity index (χ0v) is 7.49. The lowest BCUT2D eigenvalue weighted by Gasteiger charge is -2.08. The first kappa shape index (κ1) is 9.75.